The van der Waals surface area contributed by atoms with Crippen LogP contribution in [0.2, 0.25) is 0 Å². The lowest BCUT2D eigenvalue weighted by Crippen LogP contribution is -2.30. The fourth-order valence-corrected chi connectivity index (χ4v) is 1.84. The van der Waals surface area contributed by atoms with Gasteiger partial charge in [0.15, 0.2) is 0 Å². The van der Waals surface area contributed by atoms with Crippen LogP contribution in [0.15, 0.2) is 36.4 Å². The Morgan fingerprint density at radius 1 is 1.16 bits per heavy atom. The molecule has 100 valence electrons. The monoisotopic (exact) mass is 257 g/mol. The molecule has 0 aliphatic carbocycles. The highest BCUT2D eigenvalue weighted by molar-refractivity contribution is 6.05. The number of anilines is 1. The van der Waals surface area contributed by atoms with Gasteiger partial charge in [-0.3, -0.25) is 4.79 Å². The normalized spacial score (nSPS) is 11.5. The molecule has 19 heavy (non-hydrogen) atoms. The molecule has 2 N–H and O–H groups in total. The summed E-state index contributed by atoms with van der Waals surface area (Å²) in [7, 11) is 0. The molecular formula is C16H19NO2. The van der Waals surface area contributed by atoms with Crippen molar-refractivity contribution in [2.24, 2.45) is 5.41 Å². The Morgan fingerprint density at radius 2 is 1.79 bits per heavy atom. The second kappa shape index (κ2) is 4.92. The summed E-state index contributed by atoms with van der Waals surface area (Å²) < 4.78 is 0. The number of amides is 1. The van der Waals surface area contributed by atoms with Crippen molar-refractivity contribution in [2.75, 3.05) is 5.32 Å². The summed E-state index contributed by atoms with van der Waals surface area (Å²) in [5, 5.41) is 14.4. The van der Waals surface area contributed by atoms with Gasteiger partial charge in [-0.2, -0.15) is 0 Å². The van der Waals surface area contributed by atoms with E-state index in [9.17, 15) is 9.90 Å². The molecule has 2 rings (SSSR count). The molecule has 0 atom stereocenters. The smallest absolute Gasteiger partial charge is 0.230 e. The number of phenols is 1. The first-order chi connectivity index (χ1) is 8.95. The predicted octanol–water partition coefficient (Wildman–Crippen LogP) is 3.92. The molecular weight excluding hydrogens is 238 g/mol. The highest BCUT2D eigenvalue weighted by Crippen LogP contribution is 2.32. The maximum Gasteiger partial charge on any atom is 0.230 e. The zero-order valence-electron chi connectivity index (χ0n) is 11.5. The lowest BCUT2D eigenvalue weighted by Gasteiger charge is -2.22. The first kappa shape index (κ1) is 13.4. The van der Waals surface area contributed by atoms with Crippen molar-refractivity contribution in [3.05, 3.63) is 36.4 Å². The van der Waals surface area contributed by atoms with Crippen molar-refractivity contribution in [3.8, 4) is 5.75 Å². The van der Waals surface area contributed by atoms with Crippen LogP contribution < -0.4 is 5.32 Å². The van der Waals surface area contributed by atoms with Gasteiger partial charge in [-0.05, 0) is 18.6 Å². The van der Waals surface area contributed by atoms with Crippen molar-refractivity contribution in [2.45, 2.75) is 27.2 Å². The first-order valence-corrected chi connectivity index (χ1v) is 6.48. The molecule has 0 saturated heterocycles. The summed E-state index contributed by atoms with van der Waals surface area (Å²) in [6.45, 7) is 5.84. The minimum absolute atomic E-state index is 0.00848. The molecule has 3 heteroatoms. The summed E-state index contributed by atoms with van der Waals surface area (Å²) in [6, 6.07) is 10.8. The first-order valence-electron chi connectivity index (χ1n) is 6.48. The van der Waals surface area contributed by atoms with Crippen molar-refractivity contribution < 1.29 is 9.90 Å². The van der Waals surface area contributed by atoms with E-state index >= 15 is 0 Å². The van der Waals surface area contributed by atoms with Gasteiger partial charge in [0.25, 0.3) is 0 Å². The molecule has 0 aliphatic rings. The van der Waals surface area contributed by atoms with Gasteiger partial charge in [0.05, 0.1) is 0 Å². The molecule has 0 bridgehead atoms. The molecule has 1 amide bonds. The lowest BCUT2D eigenvalue weighted by atomic mass is 9.89. The van der Waals surface area contributed by atoms with Gasteiger partial charge in [-0.15, -0.1) is 0 Å². The average Bonchev–Trinajstić information content (AvgIpc) is 2.42. The lowest BCUT2D eigenvalue weighted by molar-refractivity contribution is -0.124. The van der Waals surface area contributed by atoms with E-state index in [0.717, 1.165) is 22.9 Å². The Balaban J connectivity index is 2.42. The van der Waals surface area contributed by atoms with Crippen molar-refractivity contribution >= 4 is 22.4 Å². The number of hydrogen-bond donors (Lipinski definition) is 2. The maximum atomic E-state index is 12.2. The van der Waals surface area contributed by atoms with E-state index in [0.29, 0.717) is 0 Å². The van der Waals surface area contributed by atoms with E-state index in [4.69, 9.17) is 0 Å². The Hall–Kier alpha value is -2.03. The average molecular weight is 257 g/mol. The molecule has 0 radical (unpaired) electrons. The van der Waals surface area contributed by atoms with Gasteiger partial charge in [0, 0.05) is 21.9 Å². The number of fused-ring (bicyclic) bond motifs is 1. The second-order valence-electron chi connectivity index (χ2n) is 5.37. The van der Waals surface area contributed by atoms with Crippen LogP contribution in [0.5, 0.6) is 5.75 Å². The standard InChI is InChI=1S/C16H19NO2/c1-4-16(2,3)15(19)17-13-9-10-14(18)12-8-6-5-7-11(12)13/h5-10,18H,4H2,1-3H3,(H,17,19). The number of nitrogens with one attached hydrogen (secondary N) is 1. The molecule has 0 aromatic heterocycles. The molecule has 2 aromatic carbocycles. The summed E-state index contributed by atoms with van der Waals surface area (Å²) in [5.41, 5.74) is 0.332. The zero-order valence-corrected chi connectivity index (χ0v) is 11.5. The number of hydrogen-bond acceptors (Lipinski definition) is 2. The Bertz CT molecular complexity index is 617. The fourth-order valence-electron chi connectivity index (χ4n) is 1.84. The molecule has 0 fully saturated rings. The van der Waals surface area contributed by atoms with Crippen LogP contribution in [-0.2, 0) is 4.79 Å². The number of rotatable bonds is 3. The van der Waals surface area contributed by atoms with Gasteiger partial charge in [-0.25, -0.2) is 0 Å². The van der Waals surface area contributed by atoms with Gasteiger partial charge in [0.2, 0.25) is 5.91 Å². The van der Waals surface area contributed by atoms with Gasteiger partial charge in [0.1, 0.15) is 5.75 Å². The van der Waals surface area contributed by atoms with Crippen molar-refractivity contribution in [1.29, 1.82) is 0 Å². The topological polar surface area (TPSA) is 49.3 Å². The highest BCUT2D eigenvalue weighted by Gasteiger charge is 2.25. The van der Waals surface area contributed by atoms with E-state index in [1.807, 2.05) is 45.0 Å². The number of benzene rings is 2. The van der Waals surface area contributed by atoms with E-state index < -0.39 is 5.41 Å². The second-order valence-corrected chi connectivity index (χ2v) is 5.37. The SMILES string of the molecule is CCC(C)(C)C(=O)Nc1ccc(O)c2ccccc12. The Labute approximate surface area is 113 Å². The third-order valence-corrected chi connectivity index (χ3v) is 3.65. The summed E-state index contributed by atoms with van der Waals surface area (Å²) in [4.78, 5) is 12.2. The van der Waals surface area contributed by atoms with Crippen molar-refractivity contribution in [3.63, 3.8) is 0 Å². The third kappa shape index (κ3) is 2.55. The molecule has 0 unspecified atom stereocenters. The van der Waals surface area contributed by atoms with Crippen LogP contribution in [0, 0.1) is 5.41 Å². The van der Waals surface area contributed by atoms with Gasteiger partial charge >= 0.3 is 0 Å². The third-order valence-electron chi connectivity index (χ3n) is 3.65. The summed E-state index contributed by atoms with van der Waals surface area (Å²) >= 11 is 0. The molecule has 0 saturated carbocycles. The van der Waals surface area contributed by atoms with E-state index in [2.05, 4.69) is 5.32 Å². The predicted molar refractivity (Wildman–Crippen MR) is 78.3 cm³/mol. The summed E-state index contributed by atoms with van der Waals surface area (Å²) in [6.07, 6.45) is 0.773. The minimum Gasteiger partial charge on any atom is -0.507 e. The van der Waals surface area contributed by atoms with Crippen molar-refractivity contribution in [1.82, 2.24) is 0 Å². The number of carbonyl (C=O) groups excluding carboxylic acids is 1. The van der Waals surface area contributed by atoms with Gasteiger partial charge < -0.3 is 10.4 Å². The van der Waals surface area contributed by atoms with Crippen LogP contribution >= 0.6 is 0 Å². The molecule has 0 spiro atoms. The Kier molecular flexibility index (Phi) is 3.47. The van der Waals surface area contributed by atoms with Gasteiger partial charge in [-0.1, -0.05) is 45.0 Å². The minimum atomic E-state index is -0.404. The molecule has 3 nitrogen and oxygen atoms in total. The Morgan fingerprint density at radius 3 is 2.42 bits per heavy atom. The molecule has 2 aromatic rings. The number of carbonyl (C=O) groups is 1. The summed E-state index contributed by atoms with van der Waals surface area (Å²) in [5.74, 6) is 0.217. The highest BCUT2D eigenvalue weighted by atomic mass is 16.3. The molecule has 0 heterocycles. The van der Waals surface area contributed by atoms with Crippen LogP contribution in [0.3, 0.4) is 0 Å². The van der Waals surface area contributed by atoms with Crippen LogP contribution in [0.4, 0.5) is 5.69 Å². The molecule has 0 aliphatic heterocycles. The van der Waals surface area contributed by atoms with Crippen LogP contribution in [0.1, 0.15) is 27.2 Å². The van der Waals surface area contributed by atoms with Crippen LogP contribution in [-0.4, -0.2) is 11.0 Å². The largest absolute Gasteiger partial charge is 0.507 e. The number of phenolic OH excluding ortho intramolecular Hbond substituents is 1. The van der Waals surface area contributed by atoms with E-state index in [1.165, 1.54) is 0 Å². The fraction of sp³-hybridized carbons (Fsp3) is 0.312. The quantitative estimate of drug-likeness (QED) is 0.819. The number of aromatic hydroxyl groups is 1. The maximum absolute atomic E-state index is 12.2. The van der Waals surface area contributed by atoms with Crippen LogP contribution in [0.25, 0.3) is 10.8 Å². The van der Waals surface area contributed by atoms with E-state index in [1.54, 1.807) is 12.1 Å². The zero-order chi connectivity index (χ0) is 14.0. The van der Waals surface area contributed by atoms with E-state index in [-0.39, 0.29) is 11.7 Å².